The zero-order valence-corrected chi connectivity index (χ0v) is 13.0. The van der Waals surface area contributed by atoms with E-state index in [1.54, 1.807) is 18.3 Å². The number of hydrogen-bond donors (Lipinski definition) is 2. The molecule has 0 radical (unpaired) electrons. The van der Waals surface area contributed by atoms with Crippen LogP contribution in [0.2, 0.25) is 0 Å². The van der Waals surface area contributed by atoms with Gasteiger partial charge in [-0.25, -0.2) is 9.97 Å². The summed E-state index contributed by atoms with van der Waals surface area (Å²) in [6.07, 6.45) is 0.964. The SMILES string of the molecule is Cc1nc(NC(C)C(N)=O)c2c(CC(C)C)csc2n1. The molecular formula is C14H20N4OS. The lowest BCUT2D eigenvalue weighted by Crippen LogP contribution is -2.33. The number of carbonyl (C=O) groups is 1. The Labute approximate surface area is 122 Å². The van der Waals surface area contributed by atoms with Gasteiger partial charge in [-0.2, -0.15) is 0 Å². The summed E-state index contributed by atoms with van der Waals surface area (Å²) in [5.74, 6) is 1.55. The Morgan fingerprint density at radius 3 is 2.70 bits per heavy atom. The van der Waals surface area contributed by atoms with E-state index in [-0.39, 0.29) is 0 Å². The van der Waals surface area contributed by atoms with E-state index < -0.39 is 11.9 Å². The molecule has 5 nitrogen and oxygen atoms in total. The third-order valence-electron chi connectivity index (χ3n) is 3.03. The number of nitrogens with two attached hydrogens (primary N) is 1. The molecule has 0 aliphatic carbocycles. The highest BCUT2D eigenvalue weighted by atomic mass is 32.1. The van der Waals surface area contributed by atoms with Crippen molar-refractivity contribution in [1.29, 1.82) is 0 Å². The van der Waals surface area contributed by atoms with Crippen LogP contribution in [0.15, 0.2) is 5.38 Å². The van der Waals surface area contributed by atoms with Crippen molar-refractivity contribution in [2.24, 2.45) is 11.7 Å². The molecule has 1 unspecified atom stereocenters. The highest BCUT2D eigenvalue weighted by molar-refractivity contribution is 7.17. The lowest BCUT2D eigenvalue weighted by molar-refractivity contribution is -0.118. The van der Waals surface area contributed by atoms with Crippen LogP contribution in [0.25, 0.3) is 10.2 Å². The van der Waals surface area contributed by atoms with Crippen molar-refractivity contribution < 1.29 is 4.79 Å². The number of nitrogens with one attached hydrogen (secondary N) is 1. The van der Waals surface area contributed by atoms with E-state index in [0.29, 0.717) is 17.6 Å². The lowest BCUT2D eigenvalue weighted by atomic mass is 10.0. The molecule has 2 rings (SSSR count). The van der Waals surface area contributed by atoms with Gasteiger partial charge < -0.3 is 11.1 Å². The number of carbonyl (C=O) groups excluding carboxylic acids is 1. The third-order valence-corrected chi connectivity index (χ3v) is 3.95. The summed E-state index contributed by atoms with van der Waals surface area (Å²) in [5.41, 5.74) is 6.54. The van der Waals surface area contributed by atoms with Crippen molar-refractivity contribution in [2.45, 2.75) is 40.2 Å². The molecule has 0 saturated carbocycles. The molecule has 1 amide bonds. The van der Waals surface area contributed by atoms with Crippen molar-refractivity contribution in [3.05, 3.63) is 16.8 Å². The first kappa shape index (κ1) is 14.7. The van der Waals surface area contributed by atoms with Gasteiger partial charge in [-0.15, -0.1) is 11.3 Å². The fraction of sp³-hybridized carbons (Fsp3) is 0.500. The quantitative estimate of drug-likeness (QED) is 0.887. The second-order valence-electron chi connectivity index (χ2n) is 5.43. The smallest absolute Gasteiger partial charge is 0.239 e. The second kappa shape index (κ2) is 5.75. The number of aryl methyl sites for hydroxylation is 1. The Morgan fingerprint density at radius 2 is 2.10 bits per heavy atom. The minimum absolute atomic E-state index is 0.393. The van der Waals surface area contributed by atoms with Crippen molar-refractivity contribution >= 4 is 33.3 Å². The maximum Gasteiger partial charge on any atom is 0.239 e. The zero-order chi connectivity index (χ0) is 14.9. The summed E-state index contributed by atoms with van der Waals surface area (Å²) in [5, 5.41) is 6.25. The molecule has 20 heavy (non-hydrogen) atoms. The molecule has 0 bridgehead atoms. The van der Waals surface area contributed by atoms with Crippen LogP contribution in [0.5, 0.6) is 0 Å². The number of amides is 1. The van der Waals surface area contributed by atoms with E-state index in [4.69, 9.17) is 5.73 Å². The predicted octanol–water partition coefficient (Wildman–Crippen LogP) is 2.48. The largest absolute Gasteiger partial charge is 0.368 e. The number of fused-ring (bicyclic) bond motifs is 1. The van der Waals surface area contributed by atoms with E-state index in [1.807, 2.05) is 6.92 Å². The summed E-state index contributed by atoms with van der Waals surface area (Å²) in [4.78, 5) is 21.1. The number of anilines is 1. The van der Waals surface area contributed by atoms with Crippen molar-refractivity contribution in [1.82, 2.24) is 9.97 Å². The van der Waals surface area contributed by atoms with Gasteiger partial charge in [0.1, 0.15) is 22.5 Å². The summed E-state index contributed by atoms with van der Waals surface area (Å²) in [6.45, 7) is 7.94. The van der Waals surface area contributed by atoms with Crippen molar-refractivity contribution in [3.8, 4) is 0 Å². The molecule has 0 aliphatic heterocycles. The van der Waals surface area contributed by atoms with Crippen molar-refractivity contribution in [3.63, 3.8) is 0 Å². The first-order valence-corrected chi connectivity index (χ1v) is 7.57. The van der Waals surface area contributed by atoms with E-state index in [2.05, 4.69) is 34.5 Å². The van der Waals surface area contributed by atoms with E-state index in [0.717, 1.165) is 16.6 Å². The molecular weight excluding hydrogens is 272 g/mol. The molecule has 2 aromatic heterocycles. The van der Waals surface area contributed by atoms with Crippen LogP contribution in [0.1, 0.15) is 32.2 Å². The molecule has 3 N–H and O–H groups in total. The van der Waals surface area contributed by atoms with Gasteiger partial charge in [0.2, 0.25) is 5.91 Å². The first-order valence-electron chi connectivity index (χ1n) is 6.69. The van der Waals surface area contributed by atoms with E-state index >= 15 is 0 Å². The van der Waals surface area contributed by atoms with Gasteiger partial charge in [0, 0.05) is 0 Å². The summed E-state index contributed by atoms with van der Waals surface area (Å²) in [6, 6.07) is -0.459. The monoisotopic (exact) mass is 292 g/mol. The van der Waals surface area contributed by atoms with Crippen LogP contribution in [0.4, 0.5) is 5.82 Å². The highest BCUT2D eigenvalue weighted by Gasteiger charge is 2.17. The molecule has 1 atom stereocenters. The number of primary amides is 1. The van der Waals surface area contributed by atoms with Gasteiger partial charge in [-0.3, -0.25) is 4.79 Å². The fourth-order valence-electron chi connectivity index (χ4n) is 2.08. The topological polar surface area (TPSA) is 80.9 Å². The molecule has 0 saturated heterocycles. The Kier molecular flexibility index (Phi) is 4.23. The van der Waals surface area contributed by atoms with Gasteiger partial charge in [-0.05, 0) is 37.1 Å². The van der Waals surface area contributed by atoms with E-state index in [9.17, 15) is 4.79 Å². The van der Waals surface area contributed by atoms with Crippen LogP contribution in [0.3, 0.4) is 0 Å². The Morgan fingerprint density at radius 1 is 1.40 bits per heavy atom. The summed E-state index contributed by atoms with van der Waals surface area (Å²) >= 11 is 1.61. The predicted molar refractivity (Wildman–Crippen MR) is 83.0 cm³/mol. The average molecular weight is 292 g/mol. The van der Waals surface area contributed by atoms with Gasteiger partial charge in [0.15, 0.2) is 0 Å². The Bertz CT molecular complexity index is 635. The normalized spacial score (nSPS) is 12.8. The zero-order valence-electron chi connectivity index (χ0n) is 12.2. The maximum absolute atomic E-state index is 11.2. The van der Waals surface area contributed by atoms with Crippen LogP contribution >= 0.6 is 11.3 Å². The maximum atomic E-state index is 11.2. The fourth-order valence-corrected chi connectivity index (χ4v) is 3.08. The second-order valence-corrected chi connectivity index (χ2v) is 6.28. The van der Waals surface area contributed by atoms with Crippen LogP contribution in [0, 0.1) is 12.8 Å². The number of rotatable bonds is 5. The molecule has 0 spiro atoms. The van der Waals surface area contributed by atoms with E-state index in [1.165, 1.54) is 5.56 Å². The molecule has 0 fully saturated rings. The molecule has 2 aromatic rings. The molecule has 6 heteroatoms. The van der Waals surface area contributed by atoms with Crippen LogP contribution in [-0.2, 0) is 11.2 Å². The standard InChI is InChI=1S/C14H20N4OS/c1-7(2)5-10-6-20-14-11(10)13(17-9(4)18-14)16-8(3)12(15)19/h6-8H,5H2,1-4H3,(H2,15,19)(H,16,17,18). The minimum Gasteiger partial charge on any atom is -0.368 e. The average Bonchev–Trinajstić information content (AvgIpc) is 2.71. The summed E-state index contributed by atoms with van der Waals surface area (Å²) in [7, 11) is 0. The number of hydrogen-bond acceptors (Lipinski definition) is 5. The van der Waals surface area contributed by atoms with Gasteiger partial charge in [0.25, 0.3) is 0 Å². The van der Waals surface area contributed by atoms with Gasteiger partial charge >= 0.3 is 0 Å². The molecule has 108 valence electrons. The van der Waals surface area contributed by atoms with Gasteiger partial charge in [-0.1, -0.05) is 13.8 Å². The highest BCUT2D eigenvalue weighted by Crippen LogP contribution is 2.31. The minimum atomic E-state index is -0.459. The number of nitrogens with zero attached hydrogens (tertiary/aromatic N) is 2. The number of thiophene rings is 1. The lowest BCUT2D eigenvalue weighted by Gasteiger charge is -2.13. The van der Waals surface area contributed by atoms with Crippen molar-refractivity contribution in [2.75, 3.05) is 5.32 Å². The molecule has 2 heterocycles. The molecule has 0 aliphatic rings. The van der Waals surface area contributed by atoms with Crippen LogP contribution < -0.4 is 11.1 Å². The third kappa shape index (κ3) is 3.07. The summed E-state index contributed by atoms with van der Waals surface area (Å²) < 4.78 is 0. The Hall–Kier alpha value is -1.69. The first-order chi connectivity index (χ1) is 9.38. The van der Waals surface area contributed by atoms with Gasteiger partial charge in [0.05, 0.1) is 5.39 Å². The van der Waals surface area contributed by atoms with Crippen LogP contribution in [-0.4, -0.2) is 21.9 Å². The number of aromatic nitrogens is 2. The molecule has 0 aromatic carbocycles. The Balaban J connectivity index is 2.50.